The van der Waals surface area contributed by atoms with Crippen LogP contribution in [0.5, 0.6) is 0 Å². The smallest absolute Gasteiger partial charge is 0.264 e. The average molecular weight is 400 g/mol. The van der Waals surface area contributed by atoms with Crippen LogP contribution in [0.4, 0.5) is 11.4 Å². The van der Waals surface area contributed by atoms with Gasteiger partial charge in [0.15, 0.2) is 0 Å². The van der Waals surface area contributed by atoms with E-state index in [9.17, 15) is 9.59 Å². The van der Waals surface area contributed by atoms with Crippen LogP contribution in [0, 0.1) is 5.92 Å². The highest BCUT2D eigenvalue weighted by Gasteiger charge is 2.26. The number of nitrogens with zero attached hydrogens (tertiary/aromatic N) is 2. The fraction of sp³-hybridized carbons (Fsp3) is 0.455. The summed E-state index contributed by atoms with van der Waals surface area (Å²) in [5.74, 6) is 0.285. The van der Waals surface area contributed by atoms with Gasteiger partial charge in [-0.15, -0.1) is 11.3 Å². The zero-order valence-corrected chi connectivity index (χ0v) is 17.9. The van der Waals surface area contributed by atoms with E-state index < -0.39 is 0 Å². The summed E-state index contributed by atoms with van der Waals surface area (Å²) in [7, 11) is 3.98. The summed E-state index contributed by atoms with van der Waals surface area (Å²) in [5.41, 5.74) is 2.87. The largest absolute Gasteiger partial charge is 0.377 e. The number of rotatable bonds is 7. The van der Waals surface area contributed by atoms with E-state index >= 15 is 0 Å². The Kier molecular flexibility index (Phi) is 6.39. The fourth-order valence-corrected chi connectivity index (χ4v) is 4.03. The predicted molar refractivity (Wildman–Crippen MR) is 116 cm³/mol. The van der Waals surface area contributed by atoms with E-state index in [1.54, 1.807) is 0 Å². The Labute approximate surface area is 171 Å². The first kappa shape index (κ1) is 20.4. The summed E-state index contributed by atoms with van der Waals surface area (Å²) in [4.78, 5) is 30.0. The molecule has 0 bridgehead atoms. The molecule has 1 saturated carbocycles. The Morgan fingerprint density at radius 3 is 2.50 bits per heavy atom. The van der Waals surface area contributed by atoms with Crippen LogP contribution in [0.15, 0.2) is 35.7 Å². The lowest BCUT2D eigenvalue weighted by Gasteiger charge is -2.29. The van der Waals surface area contributed by atoms with Crippen LogP contribution in [-0.4, -0.2) is 36.9 Å². The summed E-state index contributed by atoms with van der Waals surface area (Å²) in [5, 5.41) is 4.98. The maximum absolute atomic E-state index is 13.0. The maximum atomic E-state index is 13.0. The van der Waals surface area contributed by atoms with E-state index in [1.165, 1.54) is 11.3 Å². The van der Waals surface area contributed by atoms with Crippen molar-refractivity contribution in [3.05, 3.63) is 46.2 Å². The van der Waals surface area contributed by atoms with Crippen molar-refractivity contribution in [2.75, 3.05) is 24.3 Å². The molecule has 1 aromatic heterocycles. The van der Waals surface area contributed by atoms with Gasteiger partial charge in [-0.25, -0.2) is 0 Å². The third-order valence-corrected chi connectivity index (χ3v) is 6.12. The van der Waals surface area contributed by atoms with E-state index in [-0.39, 0.29) is 23.8 Å². The first-order valence-corrected chi connectivity index (χ1v) is 10.7. The number of carbonyl (C=O) groups excluding carboxylic acids is 2. The Hall–Kier alpha value is -2.34. The minimum Gasteiger partial charge on any atom is -0.377 e. The third kappa shape index (κ3) is 4.55. The molecule has 2 aromatic rings. The van der Waals surface area contributed by atoms with Crippen molar-refractivity contribution in [1.82, 2.24) is 4.90 Å². The van der Waals surface area contributed by atoms with Crippen LogP contribution in [0.25, 0.3) is 0 Å². The molecule has 2 amide bonds. The van der Waals surface area contributed by atoms with Gasteiger partial charge in [-0.05, 0) is 61.9 Å². The van der Waals surface area contributed by atoms with Crippen LogP contribution in [0.1, 0.15) is 48.3 Å². The highest BCUT2D eigenvalue weighted by Crippen LogP contribution is 2.30. The molecule has 1 fully saturated rings. The molecular weight excluding hydrogens is 370 g/mol. The van der Waals surface area contributed by atoms with Crippen LogP contribution in [-0.2, 0) is 11.3 Å². The molecule has 28 heavy (non-hydrogen) atoms. The van der Waals surface area contributed by atoms with Crippen molar-refractivity contribution >= 4 is 34.5 Å². The van der Waals surface area contributed by atoms with Crippen molar-refractivity contribution in [3.63, 3.8) is 0 Å². The lowest BCUT2D eigenvalue weighted by atomic mass is 9.85. The molecule has 0 unspecified atom stereocenters. The molecule has 5 nitrogen and oxygen atoms in total. The number of anilines is 2. The number of thiophene rings is 1. The van der Waals surface area contributed by atoms with Gasteiger partial charge in [-0.3, -0.25) is 9.59 Å². The van der Waals surface area contributed by atoms with Crippen LogP contribution >= 0.6 is 11.3 Å². The summed E-state index contributed by atoms with van der Waals surface area (Å²) in [6.07, 6.45) is 3.09. The predicted octanol–water partition coefficient (Wildman–Crippen LogP) is 4.60. The molecule has 1 N–H and O–H groups in total. The van der Waals surface area contributed by atoms with E-state index in [0.717, 1.165) is 41.1 Å². The number of benzene rings is 1. The first-order valence-electron chi connectivity index (χ1n) is 9.82. The van der Waals surface area contributed by atoms with E-state index in [2.05, 4.69) is 5.32 Å². The van der Waals surface area contributed by atoms with Crippen LogP contribution in [0.2, 0.25) is 0 Å². The van der Waals surface area contributed by atoms with Crippen LogP contribution in [0.3, 0.4) is 0 Å². The minimum absolute atomic E-state index is 0.0404. The third-order valence-electron chi connectivity index (χ3n) is 5.26. The van der Waals surface area contributed by atoms with Gasteiger partial charge in [-0.1, -0.05) is 12.5 Å². The van der Waals surface area contributed by atoms with Crippen LogP contribution < -0.4 is 10.2 Å². The summed E-state index contributed by atoms with van der Waals surface area (Å²) < 4.78 is 0. The molecule has 1 aliphatic rings. The molecule has 6 heteroatoms. The minimum atomic E-state index is 0.0404. The quantitative estimate of drug-likeness (QED) is 0.740. The highest BCUT2D eigenvalue weighted by molar-refractivity contribution is 7.12. The molecule has 150 valence electrons. The van der Waals surface area contributed by atoms with Gasteiger partial charge in [-0.2, -0.15) is 0 Å². The van der Waals surface area contributed by atoms with Gasteiger partial charge >= 0.3 is 0 Å². The van der Waals surface area contributed by atoms with Crippen molar-refractivity contribution in [3.8, 4) is 0 Å². The molecule has 3 rings (SSSR count). The van der Waals surface area contributed by atoms with Gasteiger partial charge in [0, 0.05) is 44.0 Å². The molecule has 0 aliphatic heterocycles. The van der Waals surface area contributed by atoms with E-state index in [1.807, 2.05) is 73.5 Å². The Morgan fingerprint density at radius 1 is 1.21 bits per heavy atom. The topological polar surface area (TPSA) is 52.7 Å². The average Bonchev–Trinajstić information content (AvgIpc) is 3.11. The molecule has 0 radical (unpaired) electrons. The van der Waals surface area contributed by atoms with Crippen molar-refractivity contribution in [2.24, 2.45) is 5.92 Å². The molecule has 1 aliphatic carbocycles. The SMILES string of the molecule is CC(C)N(Cc1cc(NC(=O)C2CCC2)ccc1N(C)C)C(=O)c1cccs1. The zero-order chi connectivity index (χ0) is 20.3. The molecule has 0 spiro atoms. The summed E-state index contributed by atoms with van der Waals surface area (Å²) in [6, 6.07) is 9.79. The van der Waals surface area contributed by atoms with Gasteiger partial charge in [0.25, 0.3) is 5.91 Å². The zero-order valence-electron chi connectivity index (χ0n) is 17.1. The number of amides is 2. The van der Waals surface area contributed by atoms with Gasteiger partial charge in [0.05, 0.1) is 4.88 Å². The molecule has 0 saturated heterocycles. The van der Waals surface area contributed by atoms with Gasteiger partial charge < -0.3 is 15.1 Å². The van der Waals surface area contributed by atoms with Crippen molar-refractivity contribution in [1.29, 1.82) is 0 Å². The lowest BCUT2D eigenvalue weighted by Crippen LogP contribution is -2.36. The number of carbonyl (C=O) groups is 2. The number of hydrogen-bond donors (Lipinski definition) is 1. The standard InChI is InChI=1S/C22H29N3O2S/c1-15(2)25(22(27)20-9-6-12-28-20)14-17-13-18(10-11-19(17)24(3)4)23-21(26)16-7-5-8-16/h6,9-13,15-16H,5,7-8,14H2,1-4H3,(H,23,26). The normalized spacial score (nSPS) is 13.9. The Bertz CT molecular complexity index is 826. The molecule has 1 aromatic carbocycles. The second-order valence-electron chi connectivity index (χ2n) is 7.86. The second kappa shape index (κ2) is 8.78. The monoisotopic (exact) mass is 399 g/mol. The van der Waals surface area contributed by atoms with Crippen molar-refractivity contribution < 1.29 is 9.59 Å². The lowest BCUT2D eigenvalue weighted by molar-refractivity contribution is -0.122. The summed E-state index contributed by atoms with van der Waals surface area (Å²) >= 11 is 1.46. The van der Waals surface area contributed by atoms with Gasteiger partial charge in [0.1, 0.15) is 0 Å². The summed E-state index contributed by atoms with van der Waals surface area (Å²) in [6.45, 7) is 4.56. The van der Waals surface area contributed by atoms with E-state index in [4.69, 9.17) is 0 Å². The Morgan fingerprint density at radius 2 is 1.96 bits per heavy atom. The highest BCUT2D eigenvalue weighted by atomic mass is 32.1. The first-order chi connectivity index (χ1) is 13.4. The number of hydrogen-bond acceptors (Lipinski definition) is 4. The number of nitrogens with one attached hydrogen (secondary N) is 1. The maximum Gasteiger partial charge on any atom is 0.264 e. The molecule has 1 heterocycles. The fourth-order valence-electron chi connectivity index (χ4n) is 3.36. The molecular formula is C22H29N3O2S. The van der Waals surface area contributed by atoms with Gasteiger partial charge in [0.2, 0.25) is 5.91 Å². The Balaban J connectivity index is 1.85. The molecule has 0 atom stereocenters. The second-order valence-corrected chi connectivity index (χ2v) is 8.81. The van der Waals surface area contributed by atoms with Crippen molar-refractivity contribution in [2.45, 2.75) is 45.7 Å². The van der Waals surface area contributed by atoms with E-state index in [0.29, 0.717) is 6.54 Å².